The van der Waals surface area contributed by atoms with Crippen molar-refractivity contribution < 1.29 is 9.53 Å². The van der Waals surface area contributed by atoms with Gasteiger partial charge in [0.25, 0.3) is 5.91 Å². The number of nitrogens with two attached hydrogens (primary N) is 1. The number of amides is 1. The molecule has 0 saturated carbocycles. The SMILES string of the molecule is COc1ccc(C(=O)NCCCn2cccn2)c(N)c1. The molecule has 6 nitrogen and oxygen atoms in total. The Morgan fingerprint density at radius 2 is 2.35 bits per heavy atom. The number of carbonyl (C=O) groups is 1. The maximum atomic E-state index is 12.0. The van der Waals surface area contributed by atoms with Crippen LogP contribution < -0.4 is 15.8 Å². The number of aryl methyl sites for hydroxylation is 1. The molecule has 0 atom stereocenters. The standard InChI is InChI=1S/C14H18N4O2/c1-20-11-4-5-12(13(15)10-11)14(19)16-6-2-8-18-9-3-7-17-18/h3-5,7,9-10H,2,6,8,15H2,1H3,(H,16,19). The van der Waals surface area contributed by atoms with Gasteiger partial charge in [0, 0.05) is 37.2 Å². The Bertz CT molecular complexity index is 567. The minimum atomic E-state index is -0.175. The van der Waals surface area contributed by atoms with E-state index in [-0.39, 0.29) is 5.91 Å². The predicted molar refractivity (Wildman–Crippen MR) is 76.6 cm³/mol. The molecule has 106 valence electrons. The molecule has 0 spiro atoms. The first-order valence-electron chi connectivity index (χ1n) is 6.40. The molecule has 0 fully saturated rings. The average molecular weight is 274 g/mol. The van der Waals surface area contributed by atoms with Gasteiger partial charge in [-0.05, 0) is 24.6 Å². The van der Waals surface area contributed by atoms with Gasteiger partial charge in [0.2, 0.25) is 0 Å². The number of nitrogens with zero attached hydrogens (tertiary/aromatic N) is 2. The van der Waals surface area contributed by atoms with Crippen molar-refractivity contribution in [2.45, 2.75) is 13.0 Å². The minimum absolute atomic E-state index is 0.175. The molecule has 0 aliphatic heterocycles. The Morgan fingerprint density at radius 1 is 1.50 bits per heavy atom. The Labute approximate surface area is 117 Å². The van der Waals surface area contributed by atoms with E-state index < -0.39 is 0 Å². The summed E-state index contributed by atoms with van der Waals surface area (Å²) in [7, 11) is 1.56. The summed E-state index contributed by atoms with van der Waals surface area (Å²) in [6.45, 7) is 1.34. The van der Waals surface area contributed by atoms with Crippen molar-refractivity contribution in [3.05, 3.63) is 42.2 Å². The minimum Gasteiger partial charge on any atom is -0.497 e. The van der Waals surface area contributed by atoms with E-state index in [9.17, 15) is 4.79 Å². The lowest BCUT2D eigenvalue weighted by molar-refractivity contribution is 0.0953. The second kappa shape index (κ2) is 6.60. The third kappa shape index (κ3) is 3.50. The Kier molecular flexibility index (Phi) is 4.60. The van der Waals surface area contributed by atoms with Crippen molar-refractivity contribution in [2.75, 3.05) is 19.4 Å². The van der Waals surface area contributed by atoms with Crippen molar-refractivity contribution in [3.63, 3.8) is 0 Å². The summed E-state index contributed by atoms with van der Waals surface area (Å²) < 4.78 is 6.88. The van der Waals surface area contributed by atoms with Crippen LogP contribution in [0.1, 0.15) is 16.8 Å². The number of carbonyl (C=O) groups excluding carboxylic acids is 1. The highest BCUT2D eigenvalue weighted by Gasteiger charge is 2.09. The number of ether oxygens (including phenoxy) is 1. The summed E-state index contributed by atoms with van der Waals surface area (Å²) in [5, 5.41) is 6.93. The van der Waals surface area contributed by atoms with Crippen LogP contribution in [0, 0.1) is 0 Å². The van der Waals surface area contributed by atoms with Gasteiger partial charge < -0.3 is 15.8 Å². The zero-order valence-electron chi connectivity index (χ0n) is 11.4. The smallest absolute Gasteiger partial charge is 0.253 e. The molecular formula is C14H18N4O2. The lowest BCUT2D eigenvalue weighted by Crippen LogP contribution is -2.26. The van der Waals surface area contributed by atoms with Crippen molar-refractivity contribution in [1.82, 2.24) is 15.1 Å². The van der Waals surface area contributed by atoms with Gasteiger partial charge in [-0.25, -0.2) is 0 Å². The molecule has 1 aromatic carbocycles. The van der Waals surface area contributed by atoms with Crippen LogP contribution >= 0.6 is 0 Å². The van der Waals surface area contributed by atoms with Gasteiger partial charge in [-0.15, -0.1) is 0 Å². The van der Waals surface area contributed by atoms with Gasteiger partial charge in [0.1, 0.15) is 5.75 Å². The van der Waals surface area contributed by atoms with E-state index in [4.69, 9.17) is 10.5 Å². The van der Waals surface area contributed by atoms with Gasteiger partial charge in [0.05, 0.1) is 12.7 Å². The third-order valence-corrected chi connectivity index (χ3v) is 2.91. The summed E-state index contributed by atoms with van der Waals surface area (Å²) in [6.07, 6.45) is 4.43. The third-order valence-electron chi connectivity index (χ3n) is 2.91. The normalized spacial score (nSPS) is 10.2. The van der Waals surface area contributed by atoms with Gasteiger partial charge in [0.15, 0.2) is 0 Å². The fraction of sp³-hybridized carbons (Fsp3) is 0.286. The number of hydrogen-bond donors (Lipinski definition) is 2. The first kappa shape index (κ1) is 13.9. The van der Waals surface area contributed by atoms with Crippen LogP contribution in [0.25, 0.3) is 0 Å². The molecule has 1 heterocycles. The first-order valence-corrected chi connectivity index (χ1v) is 6.40. The molecule has 0 saturated heterocycles. The van der Waals surface area contributed by atoms with E-state index in [1.54, 1.807) is 31.5 Å². The number of nitrogens with one attached hydrogen (secondary N) is 1. The summed E-state index contributed by atoms with van der Waals surface area (Å²) in [5.74, 6) is 0.461. The second-order valence-electron chi connectivity index (χ2n) is 4.33. The quantitative estimate of drug-likeness (QED) is 0.614. The van der Waals surface area contributed by atoms with Crippen LogP contribution in [0.2, 0.25) is 0 Å². The van der Waals surface area contributed by atoms with E-state index >= 15 is 0 Å². The van der Waals surface area contributed by atoms with Gasteiger partial charge in [-0.2, -0.15) is 5.10 Å². The van der Waals surface area contributed by atoms with Crippen LogP contribution in [0.5, 0.6) is 5.75 Å². The monoisotopic (exact) mass is 274 g/mol. The summed E-state index contributed by atoms with van der Waals surface area (Å²) >= 11 is 0. The van der Waals surface area contributed by atoms with Crippen molar-refractivity contribution in [2.24, 2.45) is 0 Å². The van der Waals surface area contributed by atoms with Crippen molar-refractivity contribution in [3.8, 4) is 5.75 Å². The Morgan fingerprint density at radius 3 is 3.00 bits per heavy atom. The molecule has 0 radical (unpaired) electrons. The number of nitrogen functional groups attached to an aromatic ring is 1. The molecule has 0 aliphatic rings. The largest absolute Gasteiger partial charge is 0.497 e. The summed E-state index contributed by atoms with van der Waals surface area (Å²) in [6, 6.07) is 6.89. The average Bonchev–Trinajstić information content (AvgIpc) is 2.96. The van der Waals surface area contributed by atoms with Crippen molar-refractivity contribution >= 4 is 11.6 Å². The predicted octanol–water partition coefficient (Wildman–Crippen LogP) is 1.29. The molecule has 20 heavy (non-hydrogen) atoms. The molecule has 1 amide bonds. The number of benzene rings is 1. The first-order chi connectivity index (χ1) is 9.70. The summed E-state index contributed by atoms with van der Waals surface area (Å²) in [5.41, 5.74) is 6.70. The molecule has 0 aliphatic carbocycles. The topological polar surface area (TPSA) is 82.2 Å². The van der Waals surface area contributed by atoms with E-state index in [1.165, 1.54) is 0 Å². The van der Waals surface area contributed by atoms with Crippen LogP contribution in [0.4, 0.5) is 5.69 Å². The van der Waals surface area contributed by atoms with Crippen LogP contribution in [0.3, 0.4) is 0 Å². The molecule has 6 heteroatoms. The fourth-order valence-electron chi connectivity index (χ4n) is 1.85. The second-order valence-corrected chi connectivity index (χ2v) is 4.33. The molecule has 2 aromatic rings. The summed E-state index contributed by atoms with van der Waals surface area (Å²) in [4.78, 5) is 12.0. The highest BCUT2D eigenvalue weighted by molar-refractivity contribution is 5.99. The van der Waals surface area contributed by atoms with E-state index in [0.717, 1.165) is 13.0 Å². The van der Waals surface area contributed by atoms with Gasteiger partial charge in [-0.1, -0.05) is 0 Å². The van der Waals surface area contributed by atoms with Gasteiger partial charge >= 0.3 is 0 Å². The van der Waals surface area contributed by atoms with Crippen LogP contribution in [0.15, 0.2) is 36.7 Å². The molecule has 2 rings (SSSR count). The number of anilines is 1. The van der Waals surface area contributed by atoms with Crippen molar-refractivity contribution in [1.29, 1.82) is 0 Å². The van der Waals surface area contributed by atoms with Gasteiger partial charge in [-0.3, -0.25) is 9.48 Å². The molecule has 1 aromatic heterocycles. The maximum absolute atomic E-state index is 12.0. The van der Waals surface area contributed by atoms with Crippen LogP contribution in [-0.4, -0.2) is 29.3 Å². The highest BCUT2D eigenvalue weighted by atomic mass is 16.5. The highest BCUT2D eigenvalue weighted by Crippen LogP contribution is 2.19. The number of aromatic nitrogens is 2. The van der Waals surface area contributed by atoms with E-state index in [0.29, 0.717) is 23.5 Å². The molecular weight excluding hydrogens is 256 g/mol. The molecule has 0 unspecified atom stereocenters. The lowest BCUT2D eigenvalue weighted by Gasteiger charge is -2.09. The zero-order chi connectivity index (χ0) is 14.4. The van der Waals surface area contributed by atoms with E-state index in [2.05, 4.69) is 10.4 Å². The van der Waals surface area contributed by atoms with E-state index in [1.807, 2.05) is 16.9 Å². The fourth-order valence-corrected chi connectivity index (χ4v) is 1.85. The molecule has 3 N–H and O–H groups in total. The Hall–Kier alpha value is -2.50. The number of rotatable bonds is 6. The molecule has 0 bridgehead atoms. The lowest BCUT2D eigenvalue weighted by atomic mass is 10.1. The number of hydrogen-bond acceptors (Lipinski definition) is 4. The zero-order valence-corrected chi connectivity index (χ0v) is 11.4. The van der Waals surface area contributed by atoms with Crippen LogP contribution in [-0.2, 0) is 6.54 Å². The maximum Gasteiger partial charge on any atom is 0.253 e. The Balaban J connectivity index is 1.82. The number of methoxy groups -OCH3 is 1.